The van der Waals surface area contributed by atoms with Crippen LogP contribution in [0.3, 0.4) is 0 Å². The van der Waals surface area contributed by atoms with Crippen molar-refractivity contribution in [2.45, 2.75) is 26.3 Å². The molecule has 0 amide bonds. The molecule has 3 heteroatoms. The number of rotatable bonds is 4. The van der Waals surface area contributed by atoms with E-state index in [0.29, 0.717) is 12.6 Å². The van der Waals surface area contributed by atoms with E-state index in [2.05, 4.69) is 47.7 Å². The van der Waals surface area contributed by atoms with Gasteiger partial charge in [-0.1, -0.05) is 18.2 Å². The SMILES string of the molecule is CC(C)n1cncc1-c1cccc(CCN)c1. The lowest BCUT2D eigenvalue weighted by atomic mass is 10.1. The monoisotopic (exact) mass is 229 g/mol. The standard InChI is InChI=1S/C14H19N3/c1-11(2)17-10-16-9-14(17)13-5-3-4-12(8-13)6-7-15/h3-5,8-11H,6-7,15H2,1-2H3. The van der Waals surface area contributed by atoms with Crippen LogP contribution in [0.25, 0.3) is 11.3 Å². The molecule has 1 aromatic carbocycles. The van der Waals surface area contributed by atoms with Gasteiger partial charge in [-0.05, 0) is 38.4 Å². The first kappa shape index (κ1) is 11.9. The summed E-state index contributed by atoms with van der Waals surface area (Å²) in [5, 5.41) is 0. The minimum atomic E-state index is 0.422. The first-order chi connectivity index (χ1) is 8.22. The summed E-state index contributed by atoms with van der Waals surface area (Å²) >= 11 is 0. The van der Waals surface area contributed by atoms with Crippen LogP contribution in [0, 0.1) is 0 Å². The van der Waals surface area contributed by atoms with Crippen LogP contribution in [-0.2, 0) is 6.42 Å². The van der Waals surface area contributed by atoms with Crippen molar-refractivity contribution in [2.24, 2.45) is 5.73 Å². The van der Waals surface area contributed by atoms with E-state index < -0.39 is 0 Å². The van der Waals surface area contributed by atoms with Crippen molar-refractivity contribution in [2.75, 3.05) is 6.54 Å². The number of nitrogens with zero attached hydrogens (tertiary/aromatic N) is 2. The fraction of sp³-hybridized carbons (Fsp3) is 0.357. The highest BCUT2D eigenvalue weighted by molar-refractivity contribution is 5.60. The highest BCUT2D eigenvalue weighted by Gasteiger charge is 2.07. The molecule has 0 saturated carbocycles. The molecule has 0 saturated heterocycles. The summed E-state index contributed by atoms with van der Waals surface area (Å²) in [6.07, 6.45) is 4.72. The maximum atomic E-state index is 5.59. The molecule has 90 valence electrons. The summed E-state index contributed by atoms with van der Waals surface area (Å²) in [7, 11) is 0. The van der Waals surface area contributed by atoms with Crippen LogP contribution in [0.5, 0.6) is 0 Å². The molecule has 0 fully saturated rings. The predicted octanol–water partition coefficient (Wildman–Crippen LogP) is 2.63. The maximum Gasteiger partial charge on any atom is 0.0953 e. The van der Waals surface area contributed by atoms with Gasteiger partial charge in [0.1, 0.15) is 0 Å². The zero-order chi connectivity index (χ0) is 12.3. The van der Waals surface area contributed by atoms with E-state index in [1.807, 2.05) is 12.5 Å². The van der Waals surface area contributed by atoms with E-state index in [4.69, 9.17) is 5.73 Å². The molecule has 2 N–H and O–H groups in total. The van der Waals surface area contributed by atoms with Gasteiger partial charge in [-0.2, -0.15) is 0 Å². The normalized spacial score (nSPS) is 11.1. The van der Waals surface area contributed by atoms with Crippen molar-refractivity contribution >= 4 is 0 Å². The van der Waals surface area contributed by atoms with Crippen molar-refractivity contribution in [3.63, 3.8) is 0 Å². The van der Waals surface area contributed by atoms with Crippen LogP contribution in [0.1, 0.15) is 25.5 Å². The molecule has 17 heavy (non-hydrogen) atoms. The highest BCUT2D eigenvalue weighted by atomic mass is 15.1. The van der Waals surface area contributed by atoms with Crippen LogP contribution in [-0.4, -0.2) is 16.1 Å². The number of benzene rings is 1. The van der Waals surface area contributed by atoms with Crippen molar-refractivity contribution in [3.05, 3.63) is 42.4 Å². The van der Waals surface area contributed by atoms with Gasteiger partial charge in [0.05, 0.1) is 18.2 Å². The number of hydrogen-bond acceptors (Lipinski definition) is 2. The van der Waals surface area contributed by atoms with Crippen molar-refractivity contribution in [1.29, 1.82) is 0 Å². The van der Waals surface area contributed by atoms with Gasteiger partial charge in [-0.3, -0.25) is 0 Å². The van der Waals surface area contributed by atoms with Gasteiger partial charge in [-0.15, -0.1) is 0 Å². The van der Waals surface area contributed by atoms with E-state index in [0.717, 1.165) is 6.42 Å². The fourth-order valence-corrected chi connectivity index (χ4v) is 1.99. The molecule has 0 spiro atoms. The van der Waals surface area contributed by atoms with Crippen LogP contribution < -0.4 is 5.73 Å². The van der Waals surface area contributed by atoms with Crippen LogP contribution in [0.4, 0.5) is 0 Å². The second kappa shape index (κ2) is 5.15. The number of nitrogens with two attached hydrogens (primary N) is 1. The zero-order valence-corrected chi connectivity index (χ0v) is 10.4. The Hall–Kier alpha value is -1.61. The minimum Gasteiger partial charge on any atom is -0.330 e. The van der Waals surface area contributed by atoms with Crippen LogP contribution in [0.15, 0.2) is 36.8 Å². The fourth-order valence-electron chi connectivity index (χ4n) is 1.99. The zero-order valence-electron chi connectivity index (χ0n) is 10.4. The van der Waals surface area contributed by atoms with E-state index >= 15 is 0 Å². The predicted molar refractivity (Wildman–Crippen MR) is 70.8 cm³/mol. The molecule has 0 aliphatic carbocycles. The second-order valence-electron chi connectivity index (χ2n) is 4.52. The average Bonchev–Trinajstić information content (AvgIpc) is 2.79. The lowest BCUT2D eigenvalue weighted by molar-refractivity contribution is 0.605. The molecule has 0 aliphatic heterocycles. The first-order valence-electron chi connectivity index (χ1n) is 6.03. The molecule has 0 atom stereocenters. The Kier molecular flexibility index (Phi) is 3.59. The summed E-state index contributed by atoms with van der Waals surface area (Å²) < 4.78 is 2.18. The number of imidazole rings is 1. The van der Waals surface area contributed by atoms with E-state index in [1.54, 1.807) is 0 Å². The summed E-state index contributed by atoms with van der Waals surface area (Å²) in [5.74, 6) is 0. The molecule has 0 bridgehead atoms. The molecule has 1 heterocycles. The Bertz CT molecular complexity index is 486. The highest BCUT2D eigenvalue weighted by Crippen LogP contribution is 2.23. The minimum absolute atomic E-state index is 0.422. The van der Waals surface area contributed by atoms with Gasteiger partial charge < -0.3 is 10.3 Å². The lowest BCUT2D eigenvalue weighted by Crippen LogP contribution is -2.03. The van der Waals surface area contributed by atoms with Crippen molar-refractivity contribution in [1.82, 2.24) is 9.55 Å². The molecule has 2 rings (SSSR count). The summed E-state index contributed by atoms with van der Waals surface area (Å²) in [4.78, 5) is 4.23. The molecule has 0 radical (unpaired) electrons. The topological polar surface area (TPSA) is 43.8 Å². The lowest BCUT2D eigenvalue weighted by Gasteiger charge is -2.12. The smallest absolute Gasteiger partial charge is 0.0953 e. The average molecular weight is 229 g/mol. The quantitative estimate of drug-likeness (QED) is 0.875. The van der Waals surface area contributed by atoms with Gasteiger partial charge >= 0.3 is 0 Å². The van der Waals surface area contributed by atoms with E-state index in [-0.39, 0.29) is 0 Å². The third-order valence-corrected chi connectivity index (χ3v) is 2.88. The Morgan fingerprint density at radius 2 is 2.18 bits per heavy atom. The van der Waals surface area contributed by atoms with Gasteiger partial charge in [0.25, 0.3) is 0 Å². The molecule has 1 aromatic heterocycles. The van der Waals surface area contributed by atoms with Crippen LogP contribution in [0.2, 0.25) is 0 Å². The molecular formula is C14H19N3. The van der Waals surface area contributed by atoms with E-state index in [9.17, 15) is 0 Å². The van der Waals surface area contributed by atoms with Crippen molar-refractivity contribution < 1.29 is 0 Å². The Labute approximate surface area is 102 Å². The Morgan fingerprint density at radius 3 is 2.88 bits per heavy atom. The van der Waals surface area contributed by atoms with Gasteiger partial charge in [0.15, 0.2) is 0 Å². The third kappa shape index (κ3) is 2.56. The summed E-state index contributed by atoms with van der Waals surface area (Å²) in [5.41, 5.74) is 9.24. The second-order valence-corrected chi connectivity index (χ2v) is 4.52. The number of hydrogen-bond donors (Lipinski definition) is 1. The molecular weight excluding hydrogens is 210 g/mol. The van der Waals surface area contributed by atoms with Crippen molar-refractivity contribution in [3.8, 4) is 11.3 Å². The van der Waals surface area contributed by atoms with Gasteiger partial charge in [0, 0.05) is 11.6 Å². The molecule has 0 unspecified atom stereocenters. The van der Waals surface area contributed by atoms with Gasteiger partial charge in [0.2, 0.25) is 0 Å². The molecule has 2 aromatic rings. The molecule has 0 aliphatic rings. The first-order valence-corrected chi connectivity index (χ1v) is 6.03. The van der Waals surface area contributed by atoms with E-state index in [1.165, 1.54) is 16.8 Å². The Morgan fingerprint density at radius 1 is 1.35 bits per heavy atom. The Balaban J connectivity index is 2.38. The van der Waals surface area contributed by atoms with Gasteiger partial charge in [-0.25, -0.2) is 4.98 Å². The summed E-state index contributed by atoms with van der Waals surface area (Å²) in [6, 6.07) is 8.94. The van der Waals surface area contributed by atoms with Crippen LogP contribution >= 0.6 is 0 Å². The molecule has 3 nitrogen and oxygen atoms in total. The maximum absolute atomic E-state index is 5.59. The summed E-state index contributed by atoms with van der Waals surface area (Å²) in [6.45, 7) is 5.01. The number of aromatic nitrogens is 2. The third-order valence-electron chi connectivity index (χ3n) is 2.88. The largest absolute Gasteiger partial charge is 0.330 e.